The van der Waals surface area contributed by atoms with Crippen molar-refractivity contribution in [2.45, 2.75) is 53.1 Å². The maximum atomic E-state index is 6.46. The van der Waals surface area contributed by atoms with Crippen molar-refractivity contribution in [3.63, 3.8) is 0 Å². The first kappa shape index (κ1) is 29.2. The minimum Gasteiger partial charge on any atom is 2.00 e. The fraction of sp³-hybridized carbons (Fsp3) is 0.400. The fourth-order valence-corrected chi connectivity index (χ4v) is 9.39. The van der Waals surface area contributed by atoms with Gasteiger partial charge in [0.15, 0.2) is 0 Å². The summed E-state index contributed by atoms with van der Waals surface area (Å²) in [5.74, 6) is 0. The molecule has 1 aromatic rings. The van der Waals surface area contributed by atoms with Crippen molar-refractivity contribution < 1.29 is 49.1 Å². The van der Waals surface area contributed by atoms with E-state index in [0.717, 1.165) is 31.5 Å². The summed E-state index contributed by atoms with van der Waals surface area (Å²) in [6.45, 7) is 21.1. The molecule has 0 amide bonds. The Labute approximate surface area is 222 Å². The van der Waals surface area contributed by atoms with E-state index in [1.165, 1.54) is 35.1 Å². The molecule has 5 heterocycles. The van der Waals surface area contributed by atoms with Gasteiger partial charge in [0.25, 0.3) is 0 Å². The molecule has 2 atom stereocenters. The molecule has 0 aliphatic carbocycles. The zero-order valence-corrected chi connectivity index (χ0v) is 22.8. The van der Waals surface area contributed by atoms with Gasteiger partial charge in [-0.15, -0.1) is 0 Å². The summed E-state index contributed by atoms with van der Waals surface area (Å²) in [6.07, 6.45) is 13.7. The maximum absolute atomic E-state index is 6.46. The Balaban J connectivity index is 0.000000811. The Hall–Kier alpha value is -0.791. The van der Waals surface area contributed by atoms with E-state index in [1.54, 1.807) is 6.20 Å². The molecule has 1 aromatic heterocycles. The minimum absolute atomic E-state index is 0. The SMILES string of the molecule is C.CC.[B]C.[CH-]=CN1[C-]=C2C=C3C4=[N+](CCC3OC2CC1)c1sc(C=C)c(C=C)c1[I-]4.[V+2]. The number of halogens is 1. The number of nitrogens with zero attached hydrogens (tertiary/aromatic N) is 2. The van der Waals surface area contributed by atoms with Gasteiger partial charge in [-0.25, -0.2) is 0 Å². The number of hydrogen-bond donors (Lipinski definition) is 0. The van der Waals surface area contributed by atoms with Crippen LogP contribution in [0.25, 0.3) is 12.2 Å². The van der Waals surface area contributed by atoms with E-state index in [-0.39, 0.29) is 59.4 Å². The molecule has 0 bridgehead atoms. The molecule has 5 rings (SSSR count). The van der Waals surface area contributed by atoms with Crippen molar-refractivity contribution in [2.24, 2.45) is 0 Å². The third-order valence-corrected chi connectivity index (χ3v) is 10.2. The Kier molecular flexibility index (Phi) is 12.1. The number of ether oxygens (including phenoxy) is 1. The molecule has 169 valence electrons. The van der Waals surface area contributed by atoms with Gasteiger partial charge in [-0.3, -0.25) is 0 Å². The summed E-state index contributed by atoms with van der Waals surface area (Å²) in [4.78, 5) is 3.18. The van der Waals surface area contributed by atoms with Gasteiger partial charge in [0, 0.05) is 0 Å². The maximum Gasteiger partial charge on any atom is 2.00 e. The quantitative estimate of drug-likeness (QED) is 0.231. The molecule has 0 N–H and O–H groups in total. The monoisotopic (exact) mass is 597 g/mol. The molecule has 3 nitrogen and oxygen atoms in total. The van der Waals surface area contributed by atoms with Crippen LogP contribution < -0.4 is 21.2 Å². The second-order valence-corrected chi connectivity index (χ2v) is 10.3. The van der Waals surface area contributed by atoms with Gasteiger partial charge in [0.1, 0.15) is 0 Å². The van der Waals surface area contributed by atoms with Crippen molar-refractivity contribution >= 4 is 40.1 Å². The van der Waals surface area contributed by atoms with E-state index in [0.29, 0.717) is 0 Å². The Morgan fingerprint density at radius 2 is 2.00 bits per heavy atom. The first-order chi connectivity index (χ1) is 14.7. The van der Waals surface area contributed by atoms with E-state index < -0.39 is 0 Å². The average molecular weight is 597 g/mol. The van der Waals surface area contributed by atoms with Crippen LogP contribution in [0.15, 0.2) is 36.6 Å². The molecule has 0 saturated carbocycles. The third-order valence-electron chi connectivity index (χ3n) is 5.22. The third kappa shape index (κ3) is 5.15. The molecule has 32 heavy (non-hydrogen) atoms. The molecule has 7 heteroatoms. The summed E-state index contributed by atoms with van der Waals surface area (Å²) in [5, 5.41) is 1.40. The first-order valence-electron chi connectivity index (χ1n) is 10.3. The van der Waals surface area contributed by atoms with E-state index >= 15 is 0 Å². The summed E-state index contributed by atoms with van der Waals surface area (Å²) in [7, 11) is 4.50. The van der Waals surface area contributed by atoms with Gasteiger partial charge in [-0.2, -0.15) is 0 Å². The summed E-state index contributed by atoms with van der Waals surface area (Å²) < 4.78 is 12.0. The Morgan fingerprint density at radius 3 is 2.62 bits per heavy atom. The number of thiophene rings is 1. The zero-order chi connectivity index (χ0) is 21.8. The van der Waals surface area contributed by atoms with Crippen LogP contribution in [0.4, 0.5) is 5.00 Å². The van der Waals surface area contributed by atoms with Gasteiger partial charge in [0.05, 0.1) is 7.85 Å². The van der Waals surface area contributed by atoms with Crippen LogP contribution in [0.1, 0.15) is 44.6 Å². The number of hydrogen-bond acceptors (Lipinski definition) is 3. The molecule has 0 spiro atoms. The Morgan fingerprint density at radius 1 is 1.28 bits per heavy atom. The van der Waals surface area contributed by atoms with Gasteiger partial charge >= 0.3 is 188 Å². The van der Waals surface area contributed by atoms with Crippen LogP contribution in [-0.2, 0) is 23.3 Å². The molecule has 4 aliphatic heterocycles. The molecule has 4 aliphatic rings. The zero-order valence-electron chi connectivity index (χ0n) is 18.4. The van der Waals surface area contributed by atoms with Crippen LogP contribution in [0.3, 0.4) is 0 Å². The minimum atomic E-state index is -0.241. The summed E-state index contributed by atoms with van der Waals surface area (Å²) >= 11 is 1.61. The van der Waals surface area contributed by atoms with E-state index in [4.69, 9.17) is 11.3 Å². The second kappa shape index (κ2) is 13.2. The molecule has 3 radical (unpaired) electrons. The van der Waals surface area contributed by atoms with Crippen molar-refractivity contribution in [2.75, 3.05) is 13.1 Å². The molecule has 0 aromatic carbocycles. The molecular weight excluding hydrogens is 565 g/mol. The van der Waals surface area contributed by atoms with E-state index in [1.807, 2.05) is 42.2 Å². The standard InChI is InChI=1S/C21H19IN2OS.C2H6.CH3B.CH4.V/c1-4-14-18(5-2)26-21-19(14)22-20-15-11-13-12-23(6-3)9-7-16(13)25-17(15)8-10-24(20)21;2*1-2;;/h3-6,11,16-17H,1-2,7-10H2;1-2H3;1H3;1H4;/q-2;;;;+2. The van der Waals surface area contributed by atoms with Crippen molar-refractivity contribution in [3.8, 4) is 0 Å². The second-order valence-electron chi connectivity index (χ2n) is 6.64. The summed E-state index contributed by atoms with van der Waals surface area (Å²) in [5.41, 5.74) is 3.78. The predicted octanol–water partition coefficient (Wildman–Crippen LogP) is 2.65. The van der Waals surface area contributed by atoms with Crippen molar-refractivity contribution in [1.82, 2.24) is 4.90 Å². The first-order valence-corrected chi connectivity index (χ1v) is 13.3. The average Bonchev–Trinajstić information content (AvgIpc) is 3.35. The molecule has 2 unspecified atom stereocenters. The smallest absolute Gasteiger partial charge is 2.00 e. The summed E-state index contributed by atoms with van der Waals surface area (Å²) in [6, 6.07) is 0. The number of fused-ring (bicyclic) bond motifs is 5. The molecule has 0 saturated heterocycles. The van der Waals surface area contributed by atoms with Crippen LogP contribution in [0.2, 0.25) is 6.82 Å². The van der Waals surface area contributed by atoms with Crippen molar-refractivity contribution in [1.29, 1.82) is 0 Å². The van der Waals surface area contributed by atoms with Gasteiger partial charge < -0.3 is 0 Å². The largest absolute Gasteiger partial charge is 2.00 e. The predicted molar refractivity (Wildman–Crippen MR) is 131 cm³/mol. The van der Waals surface area contributed by atoms with Crippen LogP contribution >= 0.6 is 11.3 Å². The number of rotatable bonds is 3. The van der Waals surface area contributed by atoms with Gasteiger partial charge in [-0.1, -0.05) is 28.1 Å². The fourth-order valence-electron chi connectivity index (χ4n) is 3.95. The molecular formula is C25H32BIN2OSV. The van der Waals surface area contributed by atoms with Gasteiger partial charge in [0.2, 0.25) is 0 Å². The van der Waals surface area contributed by atoms with E-state index in [2.05, 4.69) is 37.9 Å². The topological polar surface area (TPSA) is 15.5 Å². The molecule has 0 fully saturated rings. The normalized spacial score (nSPS) is 21.9. The van der Waals surface area contributed by atoms with Gasteiger partial charge in [-0.05, 0) is 0 Å². The van der Waals surface area contributed by atoms with E-state index in [9.17, 15) is 0 Å². The Bertz CT molecular complexity index is 950. The van der Waals surface area contributed by atoms with Crippen molar-refractivity contribution in [3.05, 3.63) is 63.4 Å². The van der Waals surface area contributed by atoms with Crippen LogP contribution in [0.5, 0.6) is 0 Å². The van der Waals surface area contributed by atoms with Crippen LogP contribution in [0, 0.1) is 16.3 Å². The van der Waals surface area contributed by atoms with Crippen LogP contribution in [-0.4, -0.2) is 46.3 Å².